The fourth-order valence-electron chi connectivity index (χ4n) is 2.60. The molecule has 0 aliphatic heterocycles. The molecular formula is C17H13F3N2O2S. The zero-order chi connectivity index (χ0) is 18.1. The predicted octanol–water partition coefficient (Wildman–Crippen LogP) is 3.89. The van der Waals surface area contributed by atoms with Gasteiger partial charge in [0.05, 0.1) is 16.1 Å². The van der Waals surface area contributed by atoms with Crippen LogP contribution in [0.5, 0.6) is 0 Å². The molecule has 0 saturated heterocycles. The number of benzene rings is 1. The Balaban J connectivity index is 1.97. The number of aliphatic carboxylic acids is 1. The molecule has 3 rings (SSSR count). The van der Waals surface area contributed by atoms with E-state index in [1.807, 2.05) is 6.92 Å². The van der Waals surface area contributed by atoms with Crippen LogP contribution in [-0.2, 0) is 24.1 Å². The minimum Gasteiger partial charge on any atom is -0.481 e. The number of hydrogen-bond acceptors (Lipinski definition) is 4. The van der Waals surface area contributed by atoms with Crippen LogP contribution in [0.3, 0.4) is 0 Å². The maximum absolute atomic E-state index is 13.8. The summed E-state index contributed by atoms with van der Waals surface area (Å²) in [4.78, 5) is 19.2. The molecule has 0 radical (unpaired) electrons. The first-order valence-electron chi connectivity index (χ1n) is 7.50. The number of carboxylic acids is 1. The summed E-state index contributed by atoms with van der Waals surface area (Å²) in [5.74, 6) is -4.28. The number of halogens is 3. The second kappa shape index (κ2) is 6.79. The van der Waals surface area contributed by atoms with Crippen molar-refractivity contribution in [3.05, 3.63) is 57.6 Å². The van der Waals surface area contributed by atoms with Crippen molar-refractivity contribution in [2.75, 3.05) is 0 Å². The first-order valence-corrected chi connectivity index (χ1v) is 8.32. The lowest BCUT2D eigenvalue weighted by Crippen LogP contribution is -2.06. The number of hydrogen-bond donors (Lipinski definition) is 1. The largest absolute Gasteiger partial charge is 0.481 e. The normalized spacial score (nSPS) is 11.2. The van der Waals surface area contributed by atoms with Crippen LogP contribution in [0.1, 0.15) is 28.8 Å². The second-order valence-corrected chi connectivity index (χ2v) is 6.57. The summed E-state index contributed by atoms with van der Waals surface area (Å²) in [6.07, 6.45) is 2.26. The fraction of sp³-hybridized carbons (Fsp3) is 0.235. The van der Waals surface area contributed by atoms with Crippen LogP contribution in [0.15, 0.2) is 18.3 Å². The highest BCUT2D eigenvalue weighted by Crippen LogP contribution is 2.30. The number of aromatic nitrogens is 2. The van der Waals surface area contributed by atoms with Crippen molar-refractivity contribution in [2.45, 2.75) is 26.2 Å². The van der Waals surface area contributed by atoms with E-state index in [-0.39, 0.29) is 23.1 Å². The van der Waals surface area contributed by atoms with E-state index in [1.54, 1.807) is 12.3 Å². The van der Waals surface area contributed by atoms with Crippen molar-refractivity contribution < 1.29 is 23.1 Å². The number of carboxylic acid groups (broad SMARTS) is 1. The van der Waals surface area contributed by atoms with E-state index in [2.05, 4.69) is 9.97 Å². The number of pyridine rings is 1. The van der Waals surface area contributed by atoms with Gasteiger partial charge in [-0.2, -0.15) is 0 Å². The van der Waals surface area contributed by atoms with Gasteiger partial charge in [0.2, 0.25) is 0 Å². The maximum Gasteiger partial charge on any atom is 0.307 e. The van der Waals surface area contributed by atoms with Crippen LogP contribution >= 0.6 is 11.3 Å². The van der Waals surface area contributed by atoms with E-state index in [9.17, 15) is 18.0 Å². The molecule has 0 aliphatic carbocycles. The molecule has 0 aliphatic rings. The third kappa shape index (κ3) is 3.48. The van der Waals surface area contributed by atoms with E-state index in [0.717, 1.165) is 11.3 Å². The molecule has 0 spiro atoms. The first-order chi connectivity index (χ1) is 11.9. The summed E-state index contributed by atoms with van der Waals surface area (Å²) < 4.78 is 40.8. The average molecular weight is 366 g/mol. The summed E-state index contributed by atoms with van der Waals surface area (Å²) in [5.41, 5.74) is 1.63. The van der Waals surface area contributed by atoms with Gasteiger partial charge in [0, 0.05) is 24.4 Å². The second-order valence-electron chi connectivity index (χ2n) is 5.49. The lowest BCUT2D eigenvalue weighted by atomic mass is 10.0. The van der Waals surface area contributed by atoms with Crippen LogP contribution in [0, 0.1) is 17.5 Å². The molecule has 0 unspecified atom stereocenters. The van der Waals surface area contributed by atoms with Gasteiger partial charge in [0.1, 0.15) is 11.3 Å². The Kier molecular flexibility index (Phi) is 4.71. The minimum absolute atomic E-state index is 0.0437. The van der Waals surface area contributed by atoms with Gasteiger partial charge in [0.15, 0.2) is 11.6 Å². The molecule has 8 heteroatoms. The van der Waals surface area contributed by atoms with Gasteiger partial charge in [-0.3, -0.25) is 9.78 Å². The molecule has 130 valence electrons. The molecule has 0 bridgehead atoms. The van der Waals surface area contributed by atoms with Crippen molar-refractivity contribution in [1.82, 2.24) is 9.97 Å². The highest BCUT2D eigenvalue weighted by molar-refractivity contribution is 7.18. The standard InChI is InChI=1S/C17H13F3N2O2S/c1-2-12-9(5-14(23)24)3-8(7-21-12)4-13-22-16-15(20)10(18)6-11(19)17(16)25-13/h3,6-7H,2,4-5H2,1H3,(H,23,24). The third-order valence-electron chi connectivity index (χ3n) is 3.71. The predicted molar refractivity (Wildman–Crippen MR) is 87.3 cm³/mol. The Morgan fingerprint density at radius 1 is 1.24 bits per heavy atom. The molecular weight excluding hydrogens is 353 g/mol. The maximum atomic E-state index is 13.8. The molecule has 0 saturated carbocycles. The summed E-state index contributed by atoms with van der Waals surface area (Å²) in [6, 6.07) is 2.21. The van der Waals surface area contributed by atoms with Gasteiger partial charge in [-0.15, -0.1) is 11.3 Å². The van der Waals surface area contributed by atoms with Gasteiger partial charge in [-0.05, 0) is 17.5 Å². The molecule has 0 fully saturated rings. The number of nitrogens with zero attached hydrogens (tertiary/aromatic N) is 2. The lowest BCUT2D eigenvalue weighted by Gasteiger charge is -2.07. The summed E-state index contributed by atoms with van der Waals surface area (Å²) in [5, 5.41) is 9.39. The van der Waals surface area contributed by atoms with Crippen LogP contribution in [0.4, 0.5) is 13.2 Å². The smallest absolute Gasteiger partial charge is 0.307 e. The number of fused-ring (bicyclic) bond motifs is 1. The fourth-order valence-corrected chi connectivity index (χ4v) is 3.60. The molecule has 1 N–H and O–H groups in total. The summed E-state index contributed by atoms with van der Waals surface area (Å²) in [6.45, 7) is 1.88. The van der Waals surface area contributed by atoms with E-state index in [4.69, 9.17) is 5.11 Å². The Morgan fingerprint density at radius 2 is 2.00 bits per heavy atom. The summed E-state index contributed by atoms with van der Waals surface area (Å²) in [7, 11) is 0. The van der Waals surface area contributed by atoms with Gasteiger partial charge in [-0.1, -0.05) is 13.0 Å². The van der Waals surface area contributed by atoms with Crippen molar-refractivity contribution in [1.29, 1.82) is 0 Å². The van der Waals surface area contributed by atoms with Gasteiger partial charge >= 0.3 is 5.97 Å². The Morgan fingerprint density at radius 3 is 2.68 bits per heavy atom. The Labute approximate surface area is 145 Å². The lowest BCUT2D eigenvalue weighted by molar-refractivity contribution is -0.136. The number of thiazole rings is 1. The Hall–Kier alpha value is -2.48. The molecule has 0 atom stereocenters. The van der Waals surface area contributed by atoms with Gasteiger partial charge in [0.25, 0.3) is 0 Å². The van der Waals surface area contributed by atoms with E-state index < -0.39 is 23.4 Å². The van der Waals surface area contributed by atoms with Gasteiger partial charge < -0.3 is 5.11 Å². The number of rotatable bonds is 5. The zero-order valence-corrected chi connectivity index (χ0v) is 14.0. The van der Waals surface area contributed by atoms with E-state index >= 15 is 0 Å². The molecule has 2 heterocycles. The van der Waals surface area contributed by atoms with Crippen molar-refractivity contribution >= 4 is 27.5 Å². The van der Waals surface area contributed by atoms with E-state index in [1.165, 1.54) is 0 Å². The molecule has 2 aromatic heterocycles. The summed E-state index contributed by atoms with van der Waals surface area (Å²) >= 11 is 0.934. The molecule has 1 aromatic carbocycles. The van der Waals surface area contributed by atoms with Crippen molar-refractivity contribution in [3.8, 4) is 0 Å². The molecule has 4 nitrogen and oxygen atoms in total. The molecule has 25 heavy (non-hydrogen) atoms. The third-order valence-corrected chi connectivity index (χ3v) is 4.77. The quantitative estimate of drug-likeness (QED) is 0.696. The highest BCUT2D eigenvalue weighted by Gasteiger charge is 2.18. The van der Waals surface area contributed by atoms with Crippen molar-refractivity contribution in [3.63, 3.8) is 0 Å². The molecule has 0 amide bonds. The van der Waals surface area contributed by atoms with E-state index in [0.29, 0.717) is 34.3 Å². The van der Waals surface area contributed by atoms with Crippen LogP contribution < -0.4 is 0 Å². The SMILES string of the molecule is CCc1ncc(Cc2nc3c(F)c(F)cc(F)c3s2)cc1CC(=O)O. The average Bonchev–Trinajstić information content (AvgIpc) is 2.97. The number of carbonyl (C=O) groups is 1. The molecule has 3 aromatic rings. The monoisotopic (exact) mass is 366 g/mol. The van der Waals surface area contributed by atoms with Crippen molar-refractivity contribution in [2.24, 2.45) is 0 Å². The van der Waals surface area contributed by atoms with Crippen LogP contribution in [-0.4, -0.2) is 21.0 Å². The van der Waals surface area contributed by atoms with Crippen LogP contribution in [0.2, 0.25) is 0 Å². The van der Waals surface area contributed by atoms with Gasteiger partial charge in [-0.25, -0.2) is 18.2 Å². The number of aryl methyl sites for hydroxylation is 1. The Bertz CT molecular complexity index is 972. The zero-order valence-electron chi connectivity index (χ0n) is 13.1. The van der Waals surface area contributed by atoms with Crippen LogP contribution in [0.25, 0.3) is 10.2 Å². The topological polar surface area (TPSA) is 63.1 Å². The minimum atomic E-state index is -1.28. The highest BCUT2D eigenvalue weighted by atomic mass is 32.1. The first kappa shape index (κ1) is 17.3.